The largest absolute Gasteiger partial charge is 0.481 e. The van der Waals surface area contributed by atoms with Gasteiger partial charge in [0.2, 0.25) is 0 Å². The summed E-state index contributed by atoms with van der Waals surface area (Å²) < 4.78 is 0. The van der Waals surface area contributed by atoms with Crippen molar-refractivity contribution in [2.24, 2.45) is 5.41 Å². The number of hydrogen-bond acceptors (Lipinski definition) is 2. The highest BCUT2D eigenvalue weighted by Gasteiger charge is 2.27. The second kappa shape index (κ2) is 6.61. The highest BCUT2D eigenvalue weighted by molar-refractivity contribution is 5.74. The van der Waals surface area contributed by atoms with Crippen molar-refractivity contribution in [2.75, 3.05) is 19.6 Å². The molecule has 0 spiro atoms. The molecule has 0 aromatic carbocycles. The number of likely N-dealkylation sites (tertiary alicyclic amines) is 1. The zero-order chi connectivity index (χ0) is 13.6. The van der Waals surface area contributed by atoms with E-state index in [9.17, 15) is 9.59 Å². The Morgan fingerprint density at radius 1 is 1.22 bits per heavy atom. The van der Waals surface area contributed by atoms with E-state index in [1.807, 2.05) is 4.90 Å². The third kappa shape index (κ3) is 5.38. The summed E-state index contributed by atoms with van der Waals surface area (Å²) in [6, 6.07) is -0.0131. The van der Waals surface area contributed by atoms with Gasteiger partial charge in [-0.2, -0.15) is 0 Å². The first-order chi connectivity index (χ1) is 8.41. The fourth-order valence-electron chi connectivity index (χ4n) is 2.02. The van der Waals surface area contributed by atoms with Crippen LogP contribution in [0.2, 0.25) is 0 Å². The summed E-state index contributed by atoms with van der Waals surface area (Å²) in [6.45, 7) is 6.65. The molecule has 2 amide bonds. The minimum atomic E-state index is -0.778. The quantitative estimate of drug-likeness (QED) is 0.740. The minimum absolute atomic E-state index is 0.0131. The van der Waals surface area contributed by atoms with Crippen molar-refractivity contribution in [2.45, 2.75) is 46.0 Å². The van der Waals surface area contributed by atoms with Crippen molar-refractivity contribution in [3.05, 3.63) is 0 Å². The van der Waals surface area contributed by atoms with E-state index in [2.05, 4.69) is 19.2 Å². The Hall–Kier alpha value is -1.26. The van der Waals surface area contributed by atoms with Crippen LogP contribution in [0, 0.1) is 5.41 Å². The van der Waals surface area contributed by atoms with Crippen LogP contribution in [0.25, 0.3) is 0 Å². The predicted octanol–water partition coefficient (Wildman–Crippen LogP) is 2.07. The first-order valence-electron chi connectivity index (χ1n) is 6.65. The molecule has 1 aliphatic heterocycles. The van der Waals surface area contributed by atoms with Gasteiger partial charge >= 0.3 is 12.0 Å². The molecule has 1 heterocycles. The third-order valence-electron chi connectivity index (χ3n) is 3.50. The van der Waals surface area contributed by atoms with E-state index in [4.69, 9.17) is 5.11 Å². The maximum absolute atomic E-state index is 11.8. The smallest absolute Gasteiger partial charge is 0.317 e. The van der Waals surface area contributed by atoms with Crippen LogP contribution in [-0.2, 0) is 4.79 Å². The van der Waals surface area contributed by atoms with Gasteiger partial charge in [-0.05, 0) is 31.1 Å². The monoisotopic (exact) mass is 256 g/mol. The van der Waals surface area contributed by atoms with Crippen LogP contribution in [0.5, 0.6) is 0 Å². The molecule has 5 nitrogen and oxygen atoms in total. The van der Waals surface area contributed by atoms with Crippen molar-refractivity contribution in [3.63, 3.8) is 0 Å². The molecule has 0 aromatic heterocycles. The number of urea groups is 1. The Bertz CT molecular complexity index is 293. The van der Waals surface area contributed by atoms with Gasteiger partial charge in [-0.25, -0.2) is 4.79 Å². The van der Waals surface area contributed by atoms with E-state index >= 15 is 0 Å². The zero-order valence-corrected chi connectivity index (χ0v) is 11.4. The number of hydrogen-bond donors (Lipinski definition) is 2. The van der Waals surface area contributed by atoms with Gasteiger partial charge in [0, 0.05) is 26.1 Å². The topological polar surface area (TPSA) is 69.6 Å². The number of unbranched alkanes of at least 4 members (excludes halogenated alkanes) is 1. The summed E-state index contributed by atoms with van der Waals surface area (Å²) in [5.74, 6) is -0.778. The summed E-state index contributed by atoms with van der Waals surface area (Å²) in [7, 11) is 0. The highest BCUT2D eigenvalue weighted by Crippen LogP contribution is 2.29. The molecule has 1 aliphatic rings. The maximum Gasteiger partial charge on any atom is 0.317 e. The molecule has 5 heteroatoms. The van der Waals surface area contributed by atoms with Gasteiger partial charge < -0.3 is 15.3 Å². The van der Waals surface area contributed by atoms with Gasteiger partial charge in [0.05, 0.1) is 0 Å². The van der Waals surface area contributed by atoms with Gasteiger partial charge in [0.1, 0.15) is 0 Å². The molecule has 1 rings (SSSR count). The summed E-state index contributed by atoms with van der Waals surface area (Å²) in [5, 5.41) is 11.3. The first kappa shape index (κ1) is 14.8. The normalized spacial score (nSPS) is 18.4. The molecule has 1 saturated heterocycles. The van der Waals surface area contributed by atoms with Crippen LogP contribution < -0.4 is 5.32 Å². The van der Waals surface area contributed by atoms with Gasteiger partial charge in [0.25, 0.3) is 0 Å². The number of aliphatic carboxylic acids is 1. The average Bonchev–Trinajstić information content (AvgIpc) is 2.27. The molecule has 0 unspecified atom stereocenters. The molecule has 0 bridgehead atoms. The molecular weight excluding hydrogens is 232 g/mol. The Kier molecular flexibility index (Phi) is 5.44. The number of nitrogens with one attached hydrogen (secondary N) is 1. The van der Waals surface area contributed by atoms with Crippen molar-refractivity contribution in [1.82, 2.24) is 10.2 Å². The van der Waals surface area contributed by atoms with Crippen LogP contribution in [-0.4, -0.2) is 41.6 Å². The van der Waals surface area contributed by atoms with E-state index in [0.29, 0.717) is 18.4 Å². The summed E-state index contributed by atoms with van der Waals surface area (Å²) in [5.41, 5.74) is 0.346. The Balaban J connectivity index is 2.12. The fourth-order valence-corrected chi connectivity index (χ4v) is 2.02. The first-order valence-corrected chi connectivity index (χ1v) is 6.65. The van der Waals surface area contributed by atoms with E-state index < -0.39 is 5.97 Å². The number of carboxylic acid groups (broad SMARTS) is 1. The Labute approximate surface area is 109 Å². The number of carboxylic acids is 1. The van der Waals surface area contributed by atoms with Crippen molar-refractivity contribution >= 4 is 12.0 Å². The maximum atomic E-state index is 11.8. The lowest BCUT2D eigenvalue weighted by molar-refractivity contribution is -0.137. The van der Waals surface area contributed by atoms with Crippen LogP contribution in [0.3, 0.4) is 0 Å². The average molecular weight is 256 g/mol. The van der Waals surface area contributed by atoms with Crippen LogP contribution >= 0.6 is 0 Å². The lowest BCUT2D eigenvalue weighted by Crippen LogP contribution is -2.46. The molecule has 0 radical (unpaired) electrons. The number of piperidine rings is 1. The minimum Gasteiger partial charge on any atom is -0.481 e. The molecule has 104 valence electrons. The van der Waals surface area contributed by atoms with Crippen LogP contribution in [0.4, 0.5) is 4.79 Å². The predicted molar refractivity (Wildman–Crippen MR) is 69.5 cm³/mol. The van der Waals surface area contributed by atoms with E-state index in [0.717, 1.165) is 32.4 Å². The third-order valence-corrected chi connectivity index (χ3v) is 3.50. The standard InChI is InChI=1S/C13H24N2O3/c1-13(2)6-9-15(10-7-13)12(18)14-8-4-3-5-11(16)17/h3-10H2,1-2H3,(H,14,18)(H,16,17). The van der Waals surface area contributed by atoms with E-state index in [1.165, 1.54) is 0 Å². The molecule has 0 atom stereocenters. The van der Waals surface area contributed by atoms with Gasteiger partial charge in [-0.3, -0.25) is 4.79 Å². The van der Waals surface area contributed by atoms with E-state index in [-0.39, 0.29) is 12.5 Å². The van der Waals surface area contributed by atoms with E-state index in [1.54, 1.807) is 0 Å². The van der Waals surface area contributed by atoms with Crippen molar-refractivity contribution in [1.29, 1.82) is 0 Å². The SMILES string of the molecule is CC1(C)CCN(C(=O)NCCCCC(=O)O)CC1. The second-order valence-electron chi connectivity index (χ2n) is 5.73. The molecule has 0 saturated carbocycles. The summed E-state index contributed by atoms with van der Waals surface area (Å²) >= 11 is 0. The lowest BCUT2D eigenvalue weighted by atomic mass is 9.83. The number of carbonyl (C=O) groups is 2. The summed E-state index contributed by atoms with van der Waals surface area (Å²) in [4.78, 5) is 24.0. The molecular formula is C13H24N2O3. The van der Waals surface area contributed by atoms with Crippen LogP contribution in [0.1, 0.15) is 46.0 Å². The van der Waals surface area contributed by atoms with Gasteiger partial charge in [-0.15, -0.1) is 0 Å². The second-order valence-corrected chi connectivity index (χ2v) is 5.73. The molecule has 2 N–H and O–H groups in total. The number of rotatable bonds is 5. The number of amides is 2. The molecule has 0 aromatic rings. The summed E-state index contributed by atoms with van der Waals surface area (Å²) in [6.07, 6.45) is 3.59. The number of carbonyl (C=O) groups excluding carboxylic acids is 1. The molecule has 1 fully saturated rings. The lowest BCUT2D eigenvalue weighted by Gasteiger charge is -2.36. The zero-order valence-electron chi connectivity index (χ0n) is 11.4. The van der Waals surface area contributed by atoms with Gasteiger partial charge in [0.15, 0.2) is 0 Å². The Morgan fingerprint density at radius 3 is 2.39 bits per heavy atom. The highest BCUT2D eigenvalue weighted by atomic mass is 16.4. The molecule has 0 aliphatic carbocycles. The van der Waals surface area contributed by atoms with Crippen molar-refractivity contribution in [3.8, 4) is 0 Å². The van der Waals surface area contributed by atoms with Gasteiger partial charge in [-0.1, -0.05) is 13.8 Å². The molecule has 18 heavy (non-hydrogen) atoms. The van der Waals surface area contributed by atoms with Crippen LogP contribution in [0.15, 0.2) is 0 Å². The van der Waals surface area contributed by atoms with Crippen molar-refractivity contribution < 1.29 is 14.7 Å². The number of nitrogens with zero attached hydrogens (tertiary/aromatic N) is 1. The Morgan fingerprint density at radius 2 is 1.83 bits per heavy atom. The fraction of sp³-hybridized carbons (Fsp3) is 0.846.